The standard InChI is InChI=1S/C15H9FN4O2.H2O/c16-9-4-3-5-10(8-9)19-15(22)13-14(21)17-11-6-1-2-7-12(11)20(13)18-19;/h1-8H,(H-,17,18,21,22);1H2. The second-order valence-corrected chi connectivity index (χ2v) is 4.88. The first-order chi connectivity index (χ1) is 10.6. The van der Waals surface area contributed by atoms with Crippen molar-refractivity contribution >= 4 is 16.6 Å². The molecule has 2 heterocycles. The molecule has 0 saturated carbocycles. The van der Waals surface area contributed by atoms with Gasteiger partial charge < -0.3 is 10.5 Å². The van der Waals surface area contributed by atoms with Crippen molar-refractivity contribution in [3.05, 3.63) is 75.1 Å². The maximum Gasteiger partial charge on any atom is 0.412 e. The van der Waals surface area contributed by atoms with Crippen LogP contribution in [0.5, 0.6) is 0 Å². The summed E-state index contributed by atoms with van der Waals surface area (Å²) in [6, 6.07) is 12.7. The fourth-order valence-electron chi connectivity index (χ4n) is 2.52. The maximum atomic E-state index is 13.4. The Hall–Kier alpha value is -3.26. The van der Waals surface area contributed by atoms with E-state index >= 15 is 0 Å². The molecule has 0 aliphatic rings. The van der Waals surface area contributed by atoms with Crippen LogP contribution < -0.4 is 15.6 Å². The van der Waals surface area contributed by atoms with E-state index in [1.54, 1.807) is 30.3 Å². The summed E-state index contributed by atoms with van der Waals surface area (Å²) in [4.78, 5) is 27.3. The monoisotopic (exact) mass is 314 g/mol. The second kappa shape index (κ2) is 5.18. The molecule has 4 rings (SSSR count). The van der Waals surface area contributed by atoms with Gasteiger partial charge in [0, 0.05) is 6.07 Å². The highest BCUT2D eigenvalue weighted by molar-refractivity contribution is 5.71. The molecule has 0 spiro atoms. The van der Waals surface area contributed by atoms with Crippen molar-refractivity contribution in [2.24, 2.45) is 0 Å². The lowest BCUT2D eigenvalue weighted by atomic mass is 10.3. The van der Waals surface area contributed by atoms with Gasteiger partial charge in [-0.05, 0) is 24.3 Å². The molecule has 0 bridgehead atoms. The molecule has 0 amide bonds. The third kappa shape index (κ3) is 2.12. The zero-order chi connectivity index (χ0) is 15.3. The molecule has 4 aromatic rings. The van der Waals surface area contributed by atoms with Gasteiger partial charge >= 0.3 is 16.6 Å². The van der Waals surface area contributed by atoms with Crippen molar-refractivity contribution in [3.8, 4) is 5.69 Å². The van der Waals surface area contributed by atoms with E-state index in [-0.39, 0.29) is 11.0 Å². The fourth-order valence-corrected chi connectivity index (χ4v) is 2.52. The van der Waals surface area contributed by atoms with Crippen molar-refractivity contribution < 1.29 is 14.4 Å². The number of rotatable bonds is 1. The Morgan fingerprint density at radius 2 is 1.83 bits per heavy atom. The Morgan fingerprint density at radius 1 is 1.04 bits per heavy atom. The van der Waals surface area contributed by atoms with Gasteiger partial charge in [0.2, 0.25) is 0 Å². The summed E-state index contributed by atoms with van der Waals surface area (Å²) in [6.45, 7) is 0. The summed E-state index contributed by atoms with van der Waals surface area (Å²) in [5.74, 6) is -0.466. The zero-order valence-corrected chi connectivity index (χ0v) is 11.7. The van der Waals surface area contributed by atoms with Gasteiger partial charge in [0.05, 0.1) is 5.52 Å². The number of nitrogens with zero attached hydrogens (tertiary/aromatic N) is 2. The van der Waals surface area contributed by atoms with Crippen molar-refractivity contribution in [2.45, 2.75) is 0 Å². The van der Waals surface area contributed by atoms with Gasteiger partial charge in [-0.3, -0.25) is 4.79 Å². The van der Waals surface area contributed by atoms with Crippen molar-refractivity contribution in [3.63, 3.8) is 0 Å². The molecule has 0 aliphatic carbocycles. The first-order valence-electron chi connectivity index (χ1n) is 6.59. The van der Waals surface area contributed by atoms with E-state index in [4.69, 9.17) is 0 Å². The number of aromatic amines is 2. The van der Waals surface area contributed by atoms with Crippen LogP contribution in [0.25, 0.3) is 22.2 Å². The average molecular weight is 314 g/mol. The van der Waals surface area contributed by atoms with Crippen LogP contribution in [0.2, 0.25) is 0 Å². The predicted molar refractivity (Wildman–Crippen MR) is 79.6 cm³/mol. The Bertz CT molecular complexity index is 1140. The summed E-state index contributed by atoms with van der Waals surface area (Å²) in [5, 5.41) is 2.83. The Balaban J connectivity index is 0.00000156. The molecule has 3 N–H and O–H groups in total. The van der Waals surface area contributed by atoms with E-state index in [0.29, 0.717) is 16.7 Å². The van der Waals surface area contributed by atoms with Gasteiger partial charge in [-0.15, -0.1) is 4.52 Å². The minimum absolute atomic E-state index is 0. The van der Waals surface area contributed by atoms with Crippen LogP contribution in [0.4, 0.5) is 4.39 Å². The lowest BCUT2D eigenvalue weighted by Crippen LogP contribution is -2.33. The number of nitrogens with one attached hydrogen (secondary N) is 2. The zero-order valence-electron chi connectivity index (χ0n) is 11.7. The smallest absolute Gasteiger partial charge is 0.412 e. The third-order valence-electron chi connectivity index (χ3n) is 3.50. The number of aromatic nitrogens is 4. The number of halogens is 1. The molecule has 0 radical (unpaired) electrons. The lowest BCUT2D eigenvalue weighted by molar-refractivity contribution is -0.556. The SMILES string of the molecule is O=c1[nH]c2ccccc2[n+]2[nH]n(-c3cccc(F)c3)c(=O)c12.[OH-]. The minimum Gasteiger partial charge on any atom is -0.870 e. The third-order valence-corrected chi connectivity index (χ3v) is 3.50. The quantitative estimate of drug-likeness (QED) is 0.505. The highest BCUT2D eigenvalue weighted by atomic mass is 19.1. The molecule has 2 aromatic carbocycles. The van der Waals surface area contributed by atoms with E-state index in [0.717, 1.165) is 4.68 Å². The first kappa shape index (κ1) is 14.7. The predicted octanol–water partition coefficient (Wildman–Crippen LogP) is 0.708. The second-order valence-electron chi connectivity index (χ2n) is 4.88. The Morgan fingerprint density at radius 3 is 2.61 bits per heavy atom. The number of hydrogen-bond acceptors (Lipinski definition) is 3. The largest absolute Gasteiger partial charge is 0.870 e. The highest BCUT2D eigenvalue weighted by Gasteiger charge is 2.22. The average Bonchev–Trinajstić information content (AvgIpc) is 2.86. The van der Waals surface area contributed by atoms with E-state index in [9.17, 15) is 14.0 Å². The number of hydrogen-bond donors (Lipinski definition) is 2. The van der Waals surface area contributed by atoms with Gasteiger partial charge in [-0.2, -0.15) is 0 Å². The van der Waals surface area contributed by atoms with Crippen molar-refractivity contribution in [1.29, 1.82) is 0 Å². The molecule has 0 unspecified atom stereocenters. The van der Waals surface area contributed by atoms with E-state index < -0.39 is 16.9 Å². The Labute approximate surface area is 127 Å². The van der Waals surface area contributed by atoms with E-state index in [1.165, 1.54) is 22.7 Å². The van der Waals surface area contributed by atoms with Crippen LogP contribution in [0.15, 0.2) is 58.1 Å². The van der Waals surface area contributed by atoms with Crippen LogP contribution in [0.3, 0.4) is 0 Å². The molecule has 0 aliphatic heterocycles. The normalized spacial score (nSPS) is 10.8. The highest BCUT2D eigenvalue weighted by Crippen LogP contribution is 2.07. The number of para-hydroxylation sites is 2. The summed E-state index contributed by atoms with van der Waals surface area (Å²) < 4.78 is 15.9. The van der Waals surface area contributed by atoms with Gasteiger partial charge in [-0.1, -0.05) is 28.1 Å². The van der Waals surface area contributed by atoms with Crippen molar-refractivity contribution in [2.75, 3.05) is 0 Å². The van der Waals surface area contributed by atoms with Crippen LogP contribution in [-0.4, -0.2) is 20.4 Å². The molecular weight excluding hydrogens is 303 g/mol. The van der Waals surface area contributed by atoms with Gasteiger partial charge in [0.1, 0.15) is 5.82 Å². The van der Waals surface area contributed by atoms with Crippen LogP contribution in [0.1, 0.15) is 0 Å². The maximum absolute atomic E-state index is 13.4. The molecular formula is C15H11FN4O3. The molecule has 116 valence electrons. The van der Waals surface area contributed by atoms with Gasteiger partial charge in [-0.25, -0.2) is 9.18 Å². The summed E-state index contributed by atoms with van der Waals surface area (Å²) >= 11 is 0. The number of benzene rings is 2. The topological polar surface area (TPSA) is 105 Å². The molecule has 0 atom stereocenters. The number of H-pyrrole nitrogens is 2. The first-order valence-corrected chi connectivity index (χ1v) is 6.59. The van der Waals surface area contributed by atoms with E-state index in [1.807, 2.05) is 0 Å². The van der Waals surface area contributed by atoms with Crippen LogP contribution in [-0.2, 0) is 0 Å². The summed E-state index contributed by atoms with van der Waals surface area (Å²) in [5.41, 5.74) is 0.454. The molecule has 2 aromatic heterocycles. The molecule has 7 nitrogen and oxygen atoms in total. The molecule has 0 fully saturated rings. The molecule has 0 saturated heterocycles. The molecule has 23 heavy (non-hydrogen) atoms. The minimum atomic E-state index is -0.544. The van der Waals surface area contributed by atoms with Crippen molar-refractivity contribution in [1.82, 2.24) is 14.9 Å². The van der Waals surface area contributed by atoms with Crippen LogP contribution in [0, 0.1) is 5.82 Å². The lowest BCUT2D eigenvalue weighted by Gasteiger charge is -1.95. The fraction of sp³-hybridized carbons (Fsp3) is 0. The summed E-state index contributed by atoms with van der Waals surface area (Å²) in [7, 11) is 0. The van der Waals surface area contributed by atoms with Crippen LogP contribution >= 0.6 is 0 Å². The van der Waals surface area contributed by atoms with E-state index in [2.05, 4.69) is 10.2 Å². The summed E-state index contributed by atoms with van der Waals surface area (Å²) in [6.07, 6.45) is 0. The Kier molecular flexibility index (Phi) is 3.30. The van der Waals surface area contributed by atoms with Gasteiger partial charge in [0.15, 0.2) is 11.2 Å². The van der Waals surface area contributed by atoms with Gasteiger partial charge in [0.25, 0.3) is 0 Å². The number of fused-ring (bicyclic) bond motifs is 3. The molecule has 8 heteroatoms.